The summed E-state index contributed by atoms with van der Waals surface area (Å²) in [6.45, 7) is 3.10. The number of pyridine rings is 1. The van der Waals surface area contributed by atoms with E-state index in [1.165, 1.54) is 0 Å². The van der Waals surface area contributed by atoms with Crippen LogP contribution in [0.15, 0.2) is 30.7 Å². The van der Waals surface area contributed by atoms with Crippen molar-refractivity contribution in [3.05, 3.63) is 42.0 Å². The summed E-state index contributed by atoms with van der Waals surface area (Å²) in [5, 5.41) is 0. The van der Waals surface area contributed by atoms with E-state index in [1.54, 1.807) is 23.5 Å². The number of hydrogen-bond donors (Lipinski definition) is 0. The van der Waals surface area contributed by atoms with Crippen molar-refractivity contribution in [2.45, 2.75) is 19.4 Å². The fourth-order valence-corrected chi connectivity index (χ4v) is 2.65. The van der Waals surface area contributed by atoms with E-state index in [9.17, 15) is 4.79 Å². The molecular weight excluding hydrogens is 306 g/mol. The normalized spacial score (nSPS) is 17.0. The zero-order chi connectivity index (χ0) is 17.1. The van der Waals surface area contributed by atoms with Gasteiger partial charge in [0.05, 0.1) is 12.1 Å². The number of likely N-dealkylation sites (tertiary alicyclic amines) is 1. The summed E-state index contributed by atoms with van der Waals surface area (Å²) in [7, 11) is 3.79. The minimum absolute atomic E-state index is 0.0134. The highest BCUT2D eigenvalue weighted by molar-refractivity contribution is 5.94. The van der Waals surface area contributed by atoms with Crippen molar-refractivity contribution in [2.75, 3.05) is 32.1 Å². The summed E-state index contributed by atoms with van der Waals surface area (Å²) < 4.78 is 5.98. The highest BCUT2D eigenvalue weighted by Gasteiger charge is 2.29. The predicted molar refractivity (Wildman–Crippen MR) is 90.3 cm³/mol. The lowest BCUT2D eigenvalue weighted by Gasteiger charge is -2.19. The zero-order valence-corrected chi connectivity index (χ0v) is 14.1. The van der Waals surface area contributed by atoms with Crippen LogP contribution in [0.1, 0.15) is 22.5 Å². The van der Waals surface area contributed by atoms with Gasteiger partial charge in [-0.3, -0.25) is 9.78 Å². The van der Waals surface area contributed by atoms with Gasteiger partial charge >= 0.3 is 0 Å². The molecule has 1 amide bonds. The molecule has 3 rings (SSSR count). The first kappa shape index (κ1) is 16.2. The van der Waals surface area contributed by atoms with Gasteiger partial charge in [-0.1, -0.05) is 0 Å². The van der Waals surface area contributed by atoms with Crippen LogP contribution in [0.2, 0.25) is 0 Å². The van der Waals surface area contributed by atoms with E-state index >= 15 is 0 Å². The SMILES string of the molecule is Cc1ccc(C(=O)N2CCC(Oc3nccnc3N(C)C)C2)cn1. The van der Waals surface area contributed by atoms with Crippen molar-refractivity contribution < 1.29 is 9.53 Å². The molecule has 1 aliphatic rings. The van der Waals surface area contributed by atoms with Gasteiger partial charge in [-0.25, -0.2) is 9.97 Å². The Hall–Kier alpha value is -2.70. The Morgan fingerprint density at radius 2 is 2.04 bits per heavy atom. The van der Waals surface area contributed by atoms with E-state index in [4.69, 9.17) is 4.74 Å². The van der Waals surface area contributed by atoms with Crippen LogP contribution in [0, 0.1) is 6.92 Å². The Morgan fingerprint density at radius 3 is 2.75 bits per heavy atom. The van der Waals surface area contributed by atoms with Crippen molar-refractivity contribution in [2.24, 2.45) is 0 Å². The minimum Gasteiger partial charge on any atom is -0.470 e. The van der Waals surface area contributed by atoms with Crippen LogP contribution < -0.4 is 9.64 Å². The van der Waals surface area contributed by atoms with Crippen molar-refractivity contribution >= 4 is 11.7 Å². The Kier molecular flexibility index (Phi) is 4.59. The quantitative estimate of drug-likeness (QED) is 0.848. The van der Waals surface area contributed by atoms with Crippen molar-refractivity contribution in [1.29, 1.82) is 0 Å². The molecule has 1 saturated heterocycles. The maximum Gasteiger partial charge on any atom is 0.257 e. The van der Waals surface area contributed by atoms with E-state index < -0.39 is 0 Å². The lowest BCUT2D eigenvalue weighted by Crippen LogP contribution is -2.31. The van der Waals surface area contributed by atoms with Crippen molar-refractivity contribution in [3.8, 4) is 5.88 Å². The molecular formula is C17H21N5O2. The molecule has 0 aliphatic carbocycles. The van der Waals surface area contributed by atoms with Crippen LogP contribution >= 0.6 is 0 Å². The number of carbonyl (C=O) groups excluding carboxylic acids is 1. The first-order chi connectivity index (χ1) is 11.5. The number of carbonyl (C=O) groups is 1. The van der Waals surface area contributed by atoms with E-state index in [1.807, 2.05) is 38.1 Å². The van der Waals surface area contributed by atoms with Gasteiger partial charge in [-0.05, 0) is 19.1 Å². The van der Waals surface area contributed by atoms with Crippen LogP contribution in [0.25, 0.3) is 0 Å². The number of anilines is 1. The number of amides is 1. The second-order valence-corrected chi connectivity index (χ2v) is 6.05. The third kappa shape index (κ3) is 3.45. The number of aryl methyl sites for hydroxylation is 1. The second-order valence-electron chi connectivity index (χ2n) is 6.05. The summed E-state index contributed by atoms with van der Waals surface area (Å²) >= 11 is 0. The molecule has 3 heterocycles. The molecule has 0 N–H and O–H groups in total. The van der Waals surface area contributed by atoms with Gasteiger partial charge in [0.1, 0.15) is 6.10 Å². The van der Waals surface area contributed by atoms with Crippen LogP contribution in [0.3, 0.4) is 0 Å². The summed E-state index contributed by atoms with van der Waals surface area (Å²) in [6.07, 6.45) is 5.56. The number of aromatic nitrogens is 3. The third-order valence-corrected chi connectivity index (χ3v) is 3.94. The van der Waals surface area contributed by atoms with Gasteiger partial charge in [0.2, 0.25) is 0 Å². The summed E-state index contributed by atoms with van der Waals surface area (Å²) in [5.41, 5.74) is 1.50. The largest absolute Gasteiger partial charge is 0.470 e. The molecule has 7 heteroatoms. The predicted octanol–water partition coefficient (Wildman–Crippen LogP) is 1.54. The molecule has 2 aromatic heterocycles. The fraction of sp³-hybridized carbons (Fsp3) is 0.412. The standard InChI is InChI=1S/C17H21N5O2/c1-12-4-5-13(10-20-12)17(23)22-9-6-14(11-22)24-16-15(21(2)3)18-7-8-19-16/h4-5,7-8,10,14H,6,9,11H2,1-3H3. The number of ether oxygens (including phenoxy) is 1. The van der Waals surface area contributed by atoms with Gasteiger partial charge in [0, 0.05) is 51.3 Å². The highest BCUT2D eigenvalue weighted by Crippen LogP contribution is 2.24. The lowest BCUT2D eigenvalue weighted by molar-refractivity contribution is 0.0771. The van der Waals surface area contributed by atoms with Crippen LogP contribution in [0.5, 0.6) is 5.88 Å². The molecule has 0 spiro atoms. The zero-order valence-electron chi connectivity index (χ0n) is 14.1. The molecule has 0 saturated carbocycles. The number of hydrogen-bond acceptors (Lipinski definition) is 6. The first-order valence-electron chi connectivity index (χ1n) is 7.91. The smallest absolute Gasteiger partial charge is 0.257 e. The van der Waals surface area contributed by atoms with Gasteiger partial charge in [0.25, 0.3) is 11.8 Å². The van der Waals surface area contributed by atoms with Gasteiger partial charge in [-0.2, -0.15) is 0 Å². The number of rotatable bonds is 4. The van der Waals surface area contributed by atoms with Crippen LogP contribution in [-0.2, 0) is 0 Å². The fourth-order valence-electron chi connectivity index (χ4n) is 2.65. The molecule has 126 valence electrons. The molecule has 0 bridgehead atoms. The summed E-state index contributed by atoms with van der Waals surface area (Å²) in [6, 6.07) is 3.66. The van der Waals surface area contributed by atoms with Gasteiger partial charge in [0.15, 0.2) is 5.82 Å². The Balaban J connectivity index is 1.65. The molecule has 24 heavy (non-hydrogen) atoms. The molecule has 1 aliphatic heterocycles. The molecule has 1 unspecified atom stereocenters. The minimum atomic E-state index is -0.0808. The van der Waals surface area contributed by atoms with Gasteiger partial charge < -0.3 is 14.5 Å². The number of nitrogens with zero attached hydrogens (tertiary/aromatic N) is 5. The van der Waals surface area contributed by atoms with Crippen LogP contribution in [0.4, 0.5) is 5.82 Å². The van der Waals surface area contributed by atoms with Crippen molar-refractivity contribution in [1.82, 2.24) is 19.9 Å². The molecule has 0 radical (unpaired) electrons. The first-order valence-corrected chi connectivity index (χ1v) is 7.91. The Bertz CT molecular complexity index is 717. The second kappa shape index (κ2) is 6.82. The maximum absolute atomic E-state index is 12.5. The van der Waals surface area contributed by atoms with Crippen molar-refractivity contribution in [3.63, 3.8) is 0 Å². The average Bonchev–Trinajstić information content (AvgIpc) is 3.04. The monoisotopic (exact) mass is 327 g/mol. The van der Waals surface area contributed by atoms with Crippen LogP contribution in [-0.4, -0.2) is 59.0 Å². The van der Waals surface area contributed by atoms with E-state index in [0.29, 0.717) is 30.4 Å². The van der Waals surface area contributed by atoms with E-state index in [0.717, 1.165) is 12.1 Å². The Labute approximate surface area is 141 Å². The molecule has 7 nitrogen and oxygen atoms in total. The lowest BCUT2D eigenvalue weighted by atomic mass is 10.2. The van der Waals surface area contributed by atoms with E-state index in [-0.39, 0.29) is 12.0 Å². The highest BCUT2D eigenvalue weighted by atomic mass is 16.5. The van der Waals surface area contributed by atoms with E-state index in [2.05, 4.69) is 15.0 Å². The molecule has 1 atom stereocenters. The maximum atomic E-state index is 12.5. The molecule has 1 fully saturated rings. The molecule has 0 aromatic carbocycles. The molecule has 2 aromatic rings. The summed E-state index contributed by atoms with van der Waals surface area (Å²) in [5.74, 6) is 1.17. The topological polar surface area (TPSA) is 71.5 Å². The van der Waals surface area contributed by atoms with Gasteiger partial charge in [-0.15, -0.1) is 0 Å². The Morgan fingerprint density at radius 1 is 1.25 bits per heavy atom. The average molecular weight is 327 g/mol. The third-order valence-electron chi connectivity index (χ3n) is 3.94. The summed E-state index contributed by atoms with van der Waals surface area (Å²) in [4.78, 5) is 28.9.